The summed E-state index contributed by atoms with van der Waals surface area (Å²) in [5.74, 6) is 0.111. The summed E-state index contributed by atoms with van der Waals surface area (Å²) in [6.07, 6.45) is 0.983. The summed E-state index contributed by atoms with van der Waals surface area (Å²) < 4.78 is 0. The van der Waals surface area contributed by atoms with Crippen LogP contribution in [-0.2, 0) is 6.42 Å². The van der Waals surface area contributed by atoms with E-state index in [-0.39, 0.29) is 18.4 Å². The lowest BCUT2D eigenvalue weighted by Crippen LogP contribution is -2.37. The smallest absolute Gasteiger partial charge is 0.176 e. The fourth-order valence-corrected chi connectivity index (χ4v) is 1.85. The zero-order valence-corrected chi connectivity index (χ0v) is 11.5. The van der Waals surface area contributed by atoms with Crippen LogP contribution in [0.4, 0.5) is 0 Å². The number of hydrogen-bond donors (Lipinski definition) is 1. The van der Waals surface area contributed by atoms with E-state index in [1.807, 2.05) is 43.0 Å². The van der Waals surface area contributed by atoms with Crippen molar-refractivity contribution in [3.63, 3.8) is 0 Å². The lowest BCUT2D eigenvalue weighted by Gasteiger charge is -2.24. The molecule has 0 aliphatic rings. The van der Waals surface area contributed by atoms with Crippen LogP contribution >= 0.6 is 0 Å². The molecule has 1 N–H and O–H groups in total. The molecule has 1 aromatic carbocycles. The van der Waals surface area contributed by atoms with Crippen LogP contribution in [-0.4, -0.2) is 41.5 Å². The predicted molar refractivity (Wildman–Crippen MR) is 73.9 cm³/mol. The molecular formula is C15H23NO2. The average Bonchev–Trinajstić information content (AvgIpc) is 2.38. The van der Waals surface area contributed by atoms with Gasteiger partial charge in [0.25, 0.3) is 0 Å². The average molecular weight is 249 g/mol. The Morgan fingerprint density at radius 2 is 1.89 bits per heavy atom. The Morgan fingerprint density at radius 1 is 1.28 bits per heavy atom. The molecule has 0 radical (unpaired) electrons. The van der Waals surface area contributed by atoms with Gasteiger partial charge in [-0.1, -0.05) is 31.2 Å². The molecule has 1 aromatic rings. The largest absolute Gasteiger partial charge is 0.395 e. The minimum atomic E-state index is 0.0836. The first-order chi connectivity index (χ1) is 8.58. The summed E-state index contributed by atoms with van der Waals surface area (Å²) in [5, 5.41) is 8.98. The van der Waals surface area contributed by atoms with E-state index in [0.29, 0.717) is 13.1 Å². The van der Waals surface area contributed by atoms with Crippen LogP contribution in [0.5, 0.6) is 0 Å². The van der Waals surface area contributed by atoms with Crippen molar-refractivity contribution in [1.82, 2.24) is 4.90 Å². The highest BCUT2D eigenvalue weighted by molar-refractivity contribution is 5.97. The topological polar surface area (TPSA) is 40.5 Å². The van der Waals surface area contributed by atoms with Crippen LogP contribution in [0.1, 0.15) is 36.7 Å². The quantitative estimate of drug-likeness (QED) is 0.753. The van der Waals surface area contributed by atoms with E-state index in [2.05, 4.69) is 6.92 Å². The maximum Gasteiger partial charge on any atom is 0.176 e. The van der Waals surface area contributed by atoms with Gasteiger partial charge in [-0.15, -0.1) is 0 Å². The minimum absolute atomic E-state index is 0.0836. The van der Waals surface area contributed by atoms with Gasteiger partial charge in [0, 0.05) is 18.2 Å². The van der Waals surface area contributed by atoms with Crippen LogP contribution in [0.15, 0.2) is 24.3 Å². The van der Waals surface area contributed by atoms with Crippen LogP contribution in [0.3, 0.4) is 0 Å². The molecule has 0 fully saturated rings. The second kappa shape index (κ2) is 7.29. The monoisotopic (exact) mass is 249 g/mol. The Bertz CT molecular complexity index is 371. The number of ketones is 1. The summed E-state index contributed by atoms with van der Waals surface area (Å²) in [5.41, 5.74) is 1.98. The highest BCUT2D eigenvalue weighted by Crippen LogP contribution is 2.08. The van der Waals surface area contributed by atoms with Gasteiger partial charge in [-0.3, -0.25) is 9.69 Å². The third kappa shape index (κ3) is 4.24. The van der Waals surface area contributed by atoms with E-state index < -0.39 is 0 Å². The number of Topliss-reactive ketones (excluding diaryl/α,β-unsaturated/α-hetero) is 1. The maximum atomic E-state index is 12.1. The SMILES string of the molecule is CCc1ccc(C(=O)CN(CCO)C(C)C)cc1. The minimum Gasteiger partial charge on any atom is -0.395 e. The molecular weight excluding hydrogens is 226 g/mol. The molecule has 0 aromatic heterocycles. The van der Waals surface area contributed by atoms with Crippen LogP contribution in [0.2, 0.25) is 0 Å². The van der Waals surface area contributed by atoms with E-state index >= 15 is 0 Å². The van der Waals surface area contributed by atoms with E-state index in [4.69, 9.17) is 5.11 Å². The molecule has 0 aliphatic carbocycles. The molecule has 0 saturated carbocycles. The van der Waals surface area contributed by atoms with Crippen molar-refractivity contribution >= 4 is 5.78 Å². The normalized spacial score (nSPS) is 11.2. The fourth-order valence-electron chi connectivity index (χ4n) is 1.85. The Kier molecular flexibility index (Phi) is 6.02. The number of carbonyl (C=O) groups is 1. The molecule has 3 nitrogen and oxygen atoms in total. The number of carbonyl (C=O) groups excluding carboxylic acids is 1. The summed E-state index contributed by atoms with van der Waals surface area (Å²) in [6.45, 7) is 7.14. The van der Waals surface area contributed by atoms with Gasteiger partial charge < -0.3 is 5.11 Å². The fraction of sp³-hybridized carbons (Fsp3) is 0.533. The number of benzene rings is 1. The van der Waals surface area contributed by atoms with Gasteiger partial charge in [-0.2, -0.15) is 0 Å². The molecule has 3 heteroatoms. The summed E-state index contributed by atoms with van der Waals surface area (Å²) in [7, 11) is 0. The summed E-state index contributed by atoms with van der Waals surface area (Å²) in [4.78, 5) is 14.1. The first kappa shape index (κ1) is 14.9. The molecule has 0 heterocycles. The number of aliphatic hydroxyl groups excluding tert-OH is 1. The lowest BCUT2D eigenvalue weighted by molar-refractivity contribution is 0.0881. The number of hydrogen-bond acceptors (Lipinski definition) is 3. The maximum absolute atomic E-state index is 12.1. The number of rotatable bonds is 7. The number of aliphatic hydroxyl groups is 1. The Labute approximate surface area is 109 Å². The van der Waals surface area contributed by atoms with Crippen molar-refractivity contribution in [1.29, 1.82) is 0 Å². The van der Waals surface area contributed by atoms with Crippen molar-refractivity contribution in [3.05, 3.63) is 35.4 Å². The molecule has 0 unspecified atom stereocenters. The van der Waals surface area contributed by atoms with Crippen LogP contribution in [0, 0.1) is 0 Å². The van der Waals surface area contributed by atoms with Gasteiger partial charge >= 0.3 is 0 Å². The second-order valence-electron chi connectivity index (χ2n) is 4.76. The Hall–Kier alpha value is -1.19. The van der Waals surface area contributed by atoms with Crippen LogP contribution in [0.25, 0.3) is 0 Å². The van der Waals surface area contributed by atoms with Crippen LogP contribution < -0.4 is 0 Å². The Balaban J connectivity index is 2.67. The third-order valence-electron chi connectivity index (χ3n) is 3.15. The summed E-state index contributed by atoms with van der Waals surface area (Å²) in [6, 6.07) is 8.03. The molecule has 1 rings (SSSR count). The molecule has 0 amide bonds. The zero-order chi connectivity index (χ0) is 13.5. The van der Waals surface area contributed by atoms with Gasteiger partial charge in [0.15, 0.2) is 5.78 Å². The van der Waals surface area contributed by atoms with E-state index in [9.17, 15) is 4.79 Å². The van der Waals surface area contributed by atoms with Crippen molar-refractivity contribution in [2.75, 3.05) is 19.7 Å². The standard InChI is InChI=1S/C15H23NO2/c1-4-13-5-7-14(8-6-13)15(18)11-16(9-10-17)12(2)3/h5-8,12,17H,4,9-11H2,1-3H3. The van der Waals surface area contributed by atoms with Gasteiger partial charge in [-0.05, 0) is 25.8 Å². The lowest BCUT2D eigenvalue weighted by atomic mass is 10.1. The highest BCUT2D eigenvalue weighted by Gasteiger charge is 2.14. The highest BCUT2D eigenvalue weighted by atomic mass is 16.3. The first-order valence-electron chi connectivity index (χ1n) is 6.55. The molecule has 0 saturated heterocycles. The van der Waals surface area contributed by atoms with Crippen molar-refractivity contribution in [2.45, 2.75) is 33.2 Å². The first-order valence-corrected chi connectivity index (χ1v) is 6.55. The molecule has 100 valence electrons. The van der Waals surface area contributed by atoms with E-state index in [0.717, 1.165) is 12.0 Å². The second-order valence-corrected chi connectivity index (χ2v) is 4.76. The van der Waals surface area contributed by atoms with Gasteiger partial charge in [-0.25, -0.2) is 0 Å². The predicted octanol–water partition coefficient (Wildman–Crippen LogP) is 2.13. The third-order valence-corrected chi connectivity index (χ3v) is 3.15. The van der Waals surface area contributed by atoms with Gasteiger partial charge in [0.1, 0.15) is 0 Å². The van der Waals surface area contributed by atoms with E-state index in [1.54, 1.807) is 0 Å². The van der Waals surface area contributed by atoms with Crippen molar-refractivity contribution in [3.8, 4) is 0 Å². The molecule has 0 spiro atoms. The van der Waals surface area contributed by atoms with Crippen molar-refractivity contribution in [2.24, 2.45) is 0 Å². The summed E-state index contributed by atoms with van der Waals surface area (Å²) >= 11 is 0. The van der Waals surface area contributed by atoms with Gasteiger partial charge in [0.05, 0.1) is 13.2 Å². The Morgan fingerprint density at radius 3 is 2.33 bits per heavy atom. The van der Waals surface area contributed by atoms with Gasteiger partial charge in [0.2, 0.25) is 0 Å². The molecule has 0 aliphatic heterocycles. The van der Waals surface area contributed by atoms with E-state index in [1.165, 1.54) is 5.56 Å². The molecule has 18 heavy (non-hydrogen) atoms. The number of nitrogens with zero attached hydrogens (tertiary/aromatic N) is 1. The zero-order valence-electron chi connectivity index (χ0n) is 11.5. The van der Waals surface area contributed by atoms with Crippen molar-refractivity contribution < 1.29 is 9.90 Å². The number of aryl methyl sites for hydroxylation is 1. The molecule has 0 atom stereocenters. The molecule has 0 bridgehead atoms.